The molecule has 3 aromatic rings. The number of rotatable bonds is 10. The molecule has 0 aliphatic carbocycles. The molecule has 0 aromatic heterocycles. The normalized spacial score (nSPS) is 11.7. The molecule has 0 amide bonds. The Hall–Kier alpha value is -2.78. The second-order valence-corrected chi connectivity index (χ2v) is 7.84. The summed E-state index contributed by atoms with van der Waals surface area (Å²) in [4.78, 5) is 13.0. The van der Waals surface area contributed by atoms with Crippen LogP contribution < -0.4 is 10.1 Å². The summed E-state index contributed by atoms with van der Waals surface area (Å²) in [5.74, 6) is 0.812. The largest absolute Gasteiger partial charge is 0.497 e. The zero-order valence-corrected chi connectivity index (χ0v) is 18.3. The maximum absolute atomic E-state index is 13.0. The van der Waals surface area contributed by atoms with E-state index in [9.17, 15) is 4.79 Å². The van der Waals surface area contributed by atoms with Crippen LogP contribution in [0, 0.1) is 0 Å². The number of hydrogen-bond donors (Lipinski definition) is 1. The third-order valence-corrected chi connectivity index (χ3v) is 5.44. The number of anilines is 1. The van der Waals surface area contributed by atoms with Crippen LogP contribution in [0.4, 0.5) is 5.69 Å². The molecule has 0 aliphatic rings. The molecule has 0 heterocycles. The van der Waals surface area contributed by atoms with Crippen LogP contribution >= 0.6 is 11.6 Å². The number of benzene rings is 3. The van der Waals surface area contributed by atoms with Gasteiger partial charge in [-0.05, 0) is 72.5 Å². The third-order valence-electron chi connectivity index (χ3n) is 5.19. The smallest absolute Gasteiger partial charge is 0.165 e. The molecule has 1 N–H and O–H groups in total. The number of aryl methyl sites for hydroxylation is 1. The van der Waals surface area contributed by atoms with Gasteiger partial charge in [-0.1, -0.05) is 49.2 Å². The van der Waals surface area contributed by atoms with Gasteiger partial charge in [0.25, 0.3) is 0 Å². The molecule has 3 nitrogen and oxygen atoms in total. The van der Waals surface area contributed by atoms with Crippen LogP contribution in [-0.4, -0.2) is 12.9 Å². The fraction of sp³-hybridized carbons (Fsp3) is 0.269. The van der Waals surface area contributed by atoms with Gasteiger partial charge < -0.3 is 10.1 Å². The molecular formula is C26H28ClNO2. The monoisotopic (exact) mass is 421 g/mol. The van der Waals surface area contributed by atoms with Crippen molar-refractivity contribution in [2.24, 2.45) is 0 Å². The average Bonchev–Trinajstić information content (AvgIpc) is 2.78. The summed E-state index contributed by atoms with van der Waals surface area (Å²) in [6, 6.07) is 23.2. The van der Waals surface area contributed by atoms with Crippen molar-refractivity contribution in [2.45, 2.75) is 38.6 Å². The summed E-state index contributed by atoms with van der Waals surface area (Å²) < 4.78 is 5.19. The summed E-state index contributed by atoms with van der Waals surface area (Å²) in [5.41, 5.74) is 4.03. The van der Waals surface area contributed by atoms with E-state index in [4.69, 9.17) is 16.3 Å². The van der Waals surface area contributed by atoms with Crippen LogP contribution in [0.25, 0.3) is 0 Å². The maximum atomic E-state index is 13.0. The van der Waals surface area contributed by atoms with E-state index in [-0.39, 0.29) is 11.8 Å². The SMILES string of the molecule is CCCCc1ccc(N[C@H](CC(=O)c2ccc(OC)cc2)c2ccc(Cl)cc2)cc1. The summed E-state index contributed by atoms with van der Waals surface area (Å²) in [7, 11) is 1.62. The van der Waals surface area contributed by atoms with Crippen molar-refractivity contribution in [3.05, 3.63) is 94.5 Å². The van der Waals surface area contributed by atoms with Gasteiger partial charge >= 0.3 is 0 Å². The van der Waals surface area contributed by atoms with E-state index in [1.165, 1.54) is 18.4 Å². The first-order chi connectivity index (χ1) is 14.6. The number of nitrogens with one attached hydrogen (secondary N) is 1. The molecule has 156 valence electrons. The molecule has 0 fully saturated rings. The summed E-state index contributed by atoms with van der Waals surface area (Å²) in [6.45, 7) is 2.20. The van der Waals surface area contributed by atoms with Crippen LogP contribution in [0.2, 0.25) is 5.02 Å². The Labute approximate surface area is 184 Å². The predicted molar refractivity (Wildman–Crippen MR) is 125 cm³/mol. The number of halogens is 1. The highest BCUT2D eigenvalue weighted by Crippen LogP contribution is 2.26. The molecule has 0 radical (unpaired) electrons. The highest BCUT2D eigenvalue weighted by atomic mass is 35.5. The molecule has 4 heteroatoms. The Morgan fingerprint density at radius 2 is 1.63 bits per heavy atom. The minimum atomic E-state index is -0.154. The van der Waals surface area contributed by atoms with Crippen LogP contribution in [0.1, 0.15) is 53.7 Å². The number of hydrogen-bond acceptors (Lipinski definition) is 3. The standard InChI is InChI=1S/C26H28ClNO2/c1-3-4-5-19-6-14-23(15-7-19)28-25(20-8-12-22(27)13-9-20)18-26(29)21-10-16-24(30-2)17-11-21/h6-17,25,28H,3-5,18H2,1-2H3/t25-/m1/s1. The number of methoxy groups -OCH3 is 1. The molecule has 0 unspecified atom stereocenters. The van der Waals surface area contributed by atoms with Gasteiger partial charge in [0.1, 0.15) is 5.75 Å². The second-order valence-electron chi connectivity index (χ2n) is 7.40. The molecule has 3 rings (SSSR count). The highest BCUT2D eigenvalue weighted by molar-refractivity contribution is 6.30. The van der Waals surface area contributed by atoms with Gasteiger partial charge in [-0.2, -0.15) is 0 Å². The van der Waals surface area contributed by atoms with Gasteiger partial charge in [-0.3, -0.25) is 4.79 Å². The number of unbranched alkanes of at least 4 members (excludes halogenated alkanes) is 1. The Morgan fingerprint density at radius 3 is 2.23 bits per heavy atom. The van der Waals surface area contributed by atoms with Gasteiger partial charge in [-0.15, -0.1) is 0 Å². The Bertz CT molecular complexity index is 934. The van der Waals surface area contributed by atoms with Gasteiger partial charge in [0, 0.05) is 22.7 Å². The minimum Gasteiger partial charge on any atom is -0.497 e. The fourth-order valence-corrected chi connectivity index (χ4v) is 3.50. The van der Waals surface area contributed by atoms with Crippen LogP contribution in [0.3, 0.4) is 0 Å². The first-order valence-corrected chi connectivity index (χ1v) is 10.7. The molecule has 0 saturated carbocycles. The number of carbonyl (C=O) groups excluding carboxylic acids is 1. The first kappa shape index (κ1) is 21.9. The van der Waals surface area contributed by atoms with Crippen LogP contribution in [-0.2, 0) is 6.42 Å². The van der Waals surface area contributed by atoms with Crippen molar-refractivity contribution in [3.63, 3.8) is 0 Å². The van der Waals surface area contributed by atoms with E-state index < -0.39 is 0 Å². The van der Waals surface area contributed by atoms with Crippen LogP contribution in [0.15, 0.2) is 72.8 Å². The zero-order chi connectivity index (χ0) is 21.3. The van der Waals surface area contributed by atoms with Gasteiger partial charge in [-0.25, -0.2) is 0 Å². The fourth-order valence-electron chi connectivity index (χ4n) is 3.38. The first-order valence-electron chi connectivity index (χ1n) is 10.4. The van der Waals surface area contributed by atoms with Crippen molar-refractivity contribution in [1.29, 1.82) is 0 Å². The van der Waals surface area contributed by atoms with Gasteiger partial charge in [0.05, 0.1) is 13.2 Å². The molecular weight excluding hydrogens is 394 g/mol. The van der Waals surface area contributed by atoms with E-state index >= 15 is 0 Å². The molecule has 0 spiro atoms. The van der Waals surface area contributed by atoms with Crippen molar-refractivity contribution in [2.75, 3.05) is 12.4 Å². The maximum Gasteiger partial charge on any atom is 0.165 e. The Morgan fingerprint density at radius 1 is 0.967 bits per heavy atom. The third kappa shape index (κ3) is 6.11. The van der Waals surface area contributed by atoms with E-state index in [0.717, 1.165) is 23.4 Å². The number of Topliss-reactive ketones (excluding diaryl/α,β-unsaturated/α-hetero) is 1. The quantitative estimate of drug-likeness (QED) is 0.354. The lowest BCUT2D eigenvalue weighted by Crippen LogP contribution is -2.16. The van der Waals surface area contributed by atoms with E-state index in [1.807, 2.05) is 48.5 Å². The van der Waals surface area contributed by atoms with E-state index in [0.29, 0.717) is 17.0 Å². The zero-order valence-electron chi connectivity index (χ0n) is 17.5. The Kier molecular flexibility index (Phi) is 7.92. The summed E-state index contributed by atoms with van der Waals surface area (Å²) in [5, 5.41) is 4.21. The van der Waals surface area contributed by atoms with E-state index in [1.54, 1.807) is 7.11 Å². The number of ether oxygens (including phenoxy) is 1. The van der Waals surface area contributed by atoms with Crippen molar-refractivity contribution in [1.82, 2.24) is 0 Å². The topological polar surface area (TPSA) is 38.3 Å². The second kappa shape index (κ2) is 10.8. The lowest BCUT2D eigenvalue weighted by molar-refractivity contribution is 0.0976. The minimum absolute atomic E-state index is 0.0738. The van der Waals surface area contributed by atoms with Crippen molar-refractivity contribution < 1.29 is 9.53 Å². The highest BCUT2D eigenvalue weighted by Gasteiger charge is 2.18. The summed E-state index contributed by atoms with van der Waals surface area (Å²) >= 11 is 6.07. The van der Waals surface area contributed by atoms with E-state index in [2.05, 4.69) is 36.5 Å². The summed E-state index contributed by atoms with van der Waals surface area (Å²) in [6.07, 6.45) is 3.81. The van der Waals surface area contributed by atoms with Crippen molar-refractivity contribution >= 4 is 23.1 Å². The molecule has 0 bridgehead atoms. The lowest BCUT2D eigenvalue weighted by Gasteiger charge is -2.20. The lowest BCUT2D eigenvalue weighted by atomic mass is 9.97. The molecule has 30 heavy (non-hydrogen) atoms. The van der Waals surface area contributed by atoms with Crippen molar-refractivity contribution in [3.8, 4) is 5.75 Å². The van der Waals surface area contributed by atoms with Gasteiger partial charge in [0.2, 0.25) is 0 Å². The number of carbonyl (C=O) groups is 1. The Balaban J connectivity index is 1.77. The molecule has 0 saturated heterocycles. The molecule has 3 aromatic carbocycles. The average molecular weight is 422 g/mol. The van der Waals surface area contributed by atoms with Gasteiger partial charge in [0.15, 0.2) is 5.78 Å². The molecule has 1 atom stereocenters. The molecule has 0 aliphatic heterocycles. The predicted octanol–water partition coefficient (Wildman–Crippen LogP) is 7.12. The number of ketones is 1. The van der Waals surface area contributed by atoms with Crippen LogP contribution in [0.5, 0.6) is 5.75 Å².